The average molecular weight is 230 g/mol. The lowest BCUT2D eigenvalue weighted by Gasteiger charge is -2.41. The predicted molar refractivity (Wildman–Crippen MR) is 56.6 cm³/mol. The van der Waals surface area contributed by atoms with Crippen LogP contribution in [0.2, 0.25) is 0 Å². The number of thioether (sulfide) groups is 1. The van der Waals surface area contributed by atoms with E-state index in [1.54, 1.807) is 0 Å². The first-order valence-corrected chi connectivity index (χ1v) is 6.00. The fourth-order valence-corrected chi connectivity index (χ4v) is 2.58. The van der Waals surface area contributed by atoms with Gasteiger partial charge in [0.05, 0.1) is 12.1 Å². The number of nitrogens with one attached hydrogen (secondary N) is 2. The van der Waals surface area contributed by atoms with Gasteiger partial charge in [0.2, 0.25) is 5.91 Å². The summed E-state index contributed by atoms with van der Waals surface area (Å²) in [5.41, 5.74) is -0.422. The van der Waals surface area contributed by atoms with E-state index in [1.165, 1.54) is 0 Å². The van der Waals surface area contributed by atoms with E-state index in [-0.39, 0.29) is 17.8 Å². The van der Waals surface area contributed by atoms with Crippen molar-refractivity contribution >= 4 is 22.9 Å². The summed E-state index contributed by atoms with van der Waals surface area (Å²) in [6.07, 6.45) is 2.68. The van der Waals surface area contributed by atoms with Crippen molar-refractivity contribution in [3.8, 4) is 0 Å². The van der Waals surface area contributed by atoms with Crippen LogP contribution in [0, 0.1) is 0 Å². The summed E-state index contributed by atoms with van der Waals surface area (Å²) in [6, 6.07) is -0.438. The van der Waals surface area contributed by atoms with Crippen molar-refractivity contribution < 1.29 is 14.7 Å². The van der Waals surface area contributed by atoms with Gasteiger partial charge in [0, 0.05) is 5.75 Å². The highest BCUT2D eigenvalue weighted by atomic mass is 32.2. The number of hydrogen-bond donors (Lipinski definition) is 3. The van der Waals surface area contributed by atoms with E-state index in [0.29, 0.717) is 5.75 Å². The van der Waals surface area contributed by atoms with Crippen LogP contribution in [0.5, 0.6) is 0 Å². The normalized spacial score (nSPS) is 28.1. The molecule has 2 fully saturated rings. The Morgan fingerprint density at radius 3 is 2.80 bits per heavy atom. The number of rotatable bonds is 3. The van der Waals surface area contributed by atoms with E-state index < -0.39 is 11.6 Å². The Bertz CT molecular complexity index is 286. The van der Waals surface area contributed by atoms with E-state index >= 15 is 0 Å². The summed E-state index contributed by atoms with van der Waals surface area (Å²) in [4.78, 5) is 22.6. The first kappa shape index (κ1) is 10.8. The molecule has 3 N–H and O–H groups in total. The van der Waals surface area contributed by atoms with Crippen molar-refractivity contribution in [3.05, 3.63) is 0 Å². The highest BCUT2D eigenvalue weighted by Gasteiger charge is 2.40. The number of carbonyl (C=O) groups is 2. The summed E-state index contributed by atoms with van der Waals surface area (Å²) in [7, 11) is 0. The fourth-order valence-electron chi connectivity index (χ4n) is 1.80. The molecule has 1 saturated carbocycles. The molecule has 0 aromatic rings. The van der Waals surface area contributed by atoms with Gasteiger partial charge in [-0.3, -0.25) is 9.59 Å². The molecule has 1 saturated heterocycles. The first-order valence-electron chi connectivity index (χ1n) is 5.01. The van der Waals surface area contributed by atoms with Crippen LogP contribution in [0.3, 0.4) is 0 Å². The zero-order chi connectivity index (χ0) is 10.9. The van der Waals surface area contributed by atoms with Crippen LogP contribution in [-0.2, 0) is 4.79 Å². The second-order valence-electron chi connectivity index (χ2n) is 4.08. The van der Waals surface area contributed by atoms with Gasteiger partial charge in [-0.1, -0.05) is 11.8 Å². The molecule has 1 heterocycles. The highest BCUT2D eigenvalue weighted by molar-refractivity contribution is 8.14. The Balaban J connectivity index is 1.89. The molecule has 84 valence electrons. The Kier molecular flexibility index (Phi) is 2.88. The van der Waals surface area contributed by atoms with Crippen molar-refractivity contribution in [1.82, 2.24) is 10.6 Å². The standard InChI is InChI=1S/C9H14N2O3S/c12-5-9(2-1-3-9)11-7(13)6-4-15-8(14)10-6/h6,12H,1-5H2,(H,10,14)(H,11,13). The summed E-state index contributed by atoms with van der Waals surface area (Å²) >= 11 is 1.12. The van der Waals surface area contributed by atoms with Crippen LogP contribution in [0.25, 0.3) is 0 Å². The van der Waals surface area contributed by atoms with Crippen molar-refractivity contribution in [3.63, 3.8) is 0 Å². The molecular formula is C9H14N2O3S. The van der Waals surface area contributed by atoms with Crippen LogP contribution >= 0.6 is 11.8 Å². The Labute approximate surface area is 92.0 Å². The molecule has 1 aliphatic carbocycles. The zero-order valence-corrected chi connectivity index (χ0v) is 9.10. The van der Waals surface area contributed by atoms with Crippen molar-refractivity contribution in [2.75, 3.05) is 12.4 Å². The van der Waals surface area contributed by atoms with Crippen LogP contribution in [0.1, 0.15) is 19.3 Å². The lowest BCUT2D eigenvalue weighted by molar-refractivity contribution is -0.126. The molecule has 0 aromatic heterocycles. The van der Waals surface area contributed by atoms with Crippen LogP contribution in [-0.4, -0.2) is 40.2 Å². The summed E-state index contributed by atoms with van der Waals surface area (Å²) < 4.78 is 0. The lowest BCUT2D eigenvalue weighted by Crippen LogP contribution is -2.59. The molecule has 1 aliphatic heterocycles. The molecule has 2 aliphatic rings. The third kappa shape index (κ3) is 2.10. The second-order valence-corrected chi connectivity index (χ2v) is 5.07. The third-order valence-electron chi connectivity index (χ3n) is 2.99. The van der Waals surface area contributed by atoms with E-state index in [0.717, 1.165) is 31.0 Å². The SMILES string of the molecule is O=C1NC(C(=O)NC2(CO)CCC2)CS1. The molecule has 0 aromatic carbocycles. The van der Waals surface area contributed by atoms with E-state index in [1.807, 2.05) is 0 Å². The molecule has 0 bridgehead atoms. The molecular weight excluding hydrogens is 216 g/mol. The monoisotopic (exact) mass is 230 g/mol. The molecule has 15 heavy (non-hydrogen) atoms. The minimum atomic E-state index is -0.438. The molecule has 6 heteroatoms. The third-order valence-corrected chi connectivity index (χ3v) is 3.87. The van der Waals surface area contributed by atoms with Gasteiger partial charge in [0.1, 0.15) is 6.04 Å². The zero-order valence-electron chi connectivity index (χ0n) is 8.28. The lowest BCUT2D eigenvalue weighted by atomic mass is 9.77. The minimum absolute atomic E-state index is 0.0213. The van der Waals surface area contributed by atoms with Gasteiger partial charge in [-0.05, 0) is 19.3 Å². The van der Waals surface area contributed by atoms with Gasteiger partial charge in [-0.15, -0.1) is 0 Å². The van der Waals surface area contributed by atoms with Gasteiger partial charge < -0.3 is 15.7 Å². The van der Waals surface area contributed by atoms with Crippen LogP contribution < -0.4 is 10.6 Å². The van der Waals surface area contributed by atoms with Crippen molar-refractivity contribution in [1.29, 1.82) is 0 Å². The molecule has 0 radical (unpaired) electrons. The molecule has 2 amide bonds. The van der Waals surface area contributed by atoms with E-state index in [2.05, 4.69) is 10.6 Å². The van der Waals surface area contributed by atoms with Crippen LogP contribution in [0.15, 0.2) is 0 Å². The number of aliphatic hydroxyl groups excluding tert-OH is 1. The Morgan fingerprint density at radius 2 is 2.40 bits per heavy atom. The topological polar surface area (TPSA) is 78.4 Å². The first-order chi connectivity index (χ1) is 7.15. The molecule has 1 atom stereocenters. The van der Waals surface area contributed by atoms with Crippen molar-refractivity contribution in [2.24, 2.45) is 0 Å². The Hall–Kier alpha value is -0.750. The maximum absolute atomic E-state index is 11.7. The van der Waals surface area contributed by atoms with E-state index in [4.69, 9.17) is 0 Å². The van der Waals surface area contributed by atoms with Gasteiger partial charge in [0.25, 0.3) is 5.24 Å². The number of amides is 2. The summed E-state index contributed by atoms with van der Waals surface area (Å²) in [6.45, 7) is -0.0213. The smallest absolute Gasteiger partial charge is 0.279 e. The number of carbonyl (C=O) groups excluding carboxylic acids is 2. The fraction of sp³-hybridized carbons (Fsp3) is 0.778. The van der Waals surface area contributed by atoms with Crippen LogP contribution in [0.4, 0.5) is 4.79 Å². The maximum Gasteiger partial charge on any atom is 0.279 e. The minimum Gasteiger partial charge on any atom is -0.394 e. The largest absolute Gasteiger partial charge is 0.394 e. The van der Waals surface area contributed by atoms with Crippen molar-refractivity contribution in [2.45, 2.75) is 30.8 Å². The second kappa shape index (κ2) is 4.02. The van der Waals surface area contributed by atoms with Gasteiger partial charge >= 0.3 is 0 Å². The number of aliphatic hydroxyl groups is 1. The van der Waals surface area contributed by atoms with Gasteiger partial charge in [-0.25, -0.2) is 0 Å². The van der Waals surface area contributed by atoms with Gasteiger partial charge in [0.15, 0.2) is 0 Å². The molecule has 1 unspecified atom stereocenters. The molecule has 0 spiro atoms. The quantitative estimate of drug-likeness (QED) is 0.629. The van der Waals surface area contributed by atoms with Gasteiger partial charge in [-0.2, -0.15) is 0 Å². The summed E-state index contributed by atoms with van der Waals surface area (Å²) in [5, 5.41) is 14.4. The summed E-state index contributed by atoms with van der Waals surface area (Å²) in [5.74, 6) is 0.300. The average Bonchev–Trinajstić information content (AvgIpc) is 2.58. The Morgan fingerprint density at radius 1 is 1.67 bits per heavy atom. The predicted octanol–water partition coefficient (Wildman–Crippen LogP) is -0.157. The number of hydrogen-bond acceptors (Lipinski definition) is 4. The highest BCUT2D eigenvalue weighted by Crippen LogP contribution is 2.31. The maximum atomic E-state index is 11.7. The molecule has 2 rings (SSSR count). The van der Waals surface area contributed by atoms with E-state index in [9.17, 15) is 14.7 Å². The molecule has 5 nitrogen and oxygen atoms in total.